The molecule has 0 aliphatic carbocycles. The van der Waals surface area contributed by atoms with Crippen LogP contribution in [0.3, 0.4) is 0 Å². The molecule has 0 radical (unpaired) electrons. The Hall–Kier alpha value is -0.960. The smallest absolute Gasteiger partial charge is 0.260 e. The maximum atomic E-state index is 12.2. The average molecular weight is 304 g/mol. The largest absolute Gasteiger partial charge is 0.380 e. The highest BCUT2D eigenvalue weighted by Gasteiger charge is 2.23. The molecule has 1 rings (SSSR count). The predicted octanol–water partition coefficient (Wildman–Crippen LogP) is 0.531. The molecule has 1 heterocycles. The minimum atomic E-state index is -3.62. The maximum Gasteiger partial charge on any atom is 0.260 e. The normalized spacial score (nSPS) is 13.6. The van der Waals surface area contributed by atoms with Crippen molar-refractivity contribution in [3.63, 3.8) is 0 Å². The standard InChI is InChI=1S/C12H24N4O3S/c1-5-6-13-8-11-10(3)15-16-12(11)20(17,18)14-7-9(2)19-4/h9,13-14H,5-8H2,1-4H3,(H,15,16). The lowest BCUT2D eigenvalue weighted by atomic mass is 10.2. The van der Waals surface area contributed by atoms with Gasteiger partial charge in [-0.25, -0.2) is 13.1 Å². The van der Waals surface area contributed by atoms with Gasteiger partial charge in [-0.3, -0.25) is 5.10 Å². The Kier molecular flexibility index (Phi) is 6.60. The molecule has 0 spiro atoms. The Morgan fingerprint density at radius 1 is 1.45 bits per heavy atom. The molecule has 7 nitrogen and oxygen atoms in total. The van der Waals surface area contributed by atoms with Gasteiger partial charge in [0, 0.05) is 31.5 Å². The topological polar surface area (TPSA) is 96.1 Å². The molecule has 0 amide bonds. The number of hydrogen-bond donors (Lipinski definition) is 3. The van der Waals surface area contributed by atoms with Crippen molar-refractivity contribution >= 4 is 10.0 Å². The van der Waals surface area contributed by atoms with E-state index in [0.717, 1.165) is 18.7 Å². The highest BCUT2D eigenvalue weighted by Crippen LogP contribution is 2.15. The Labute approximate surface area is 120 Å². The fraction of sp³-hybridized carbons (Fsp3) is 0.750. The Morgan fingerprint density at radius 2 is 2.15 bits per heavy atom. The molecule has 0 bridgehead atoms. The van der Waals surface area contributed by atoms with E-state index in [1.165, 1.54) is 7.11 Å². The highest BCUT2D eigenvalue weighted by atomic mass is 32.2. The van der Waals surface area contributed by atoms with Gasteiger partial charge in [0.1, 0.15) is 0 Å². The van der Waals surface area contributed by atoms with E-state index in [2.05, 4.69) is 27.2 Å². The molecular formula is C12H24N4O3S. The maximum absolute atomic E-state index is 12.2. The third-order valence-corrected chi connectivity index (χ3v) is 4.38. The minimum absolute atomic E-state index is 0.0573. The van der Waals surface area contributed by atoms with E-state index in [1.54, 1.807) is 6.92 Å². The third kappa shape index (κ3) is 4.55. The van der Waals surface area contributed by atoms with Crippen LogP contribution >= 0.6 is 0 Å². The van der Waals surface area contributed by atoms with E-state index in [1.807, 2.05) is 6.92 Å². The summed E-state index contributed by atoms with van der Waals surface area (Å²) in [6, 6.07) is 0. The van der Waals surface area contributed by atoms with Gasteiger partial charge >= 0.3 is 0 Å². The summed E-state index contributed by atoms with van der Waals surface area (Å²) in [4.78, 5) is 0. The summed E-state index contributed by atoms with van der Waals surface area (Å²) < 4.78 is 32.0. The van der Waals surface area contributed by atoms with Crippen molar-refractivity contribution in [1.82, 2.24) is 20.2 Å². The molecule has 0 aliphatic heterocycles. The molecule has 20 heavy (non-hydrogen) atoms. The number of aromatic amines is 1. The summed E-state index contributed by atoms with van der Waals surface area (Å²) in [6.45, 7) is 7.19. The molecule has 0 aromatic carbocycles. The van der Waals surface area contributed by atoms with Crippen LogP contribution in [0.1, 0.15) is 31.5 Å². The summed E-state index contributed by atoms with van der Waals surface area (Å²) in [5.41, 5.74) is 1.43. The van der Waals surface area contributed by atoms with Crippen LogP contribution in [0.2, 0.25) is 0 Å². The van der Waals surface area contributed by atoms with Gasteiger partial charge < -0.3 is 10.1 Å². The third-order valence-electron chi connectivity index (χ3n) is 2.98. The number of hydrogen-bond acceptors (Lipinski definition) is 5. The molecule has 3 N–H and O–H groups in total. The lowest BCUT2D eigenvalue weighted by Crippen LogP contribution is -2.32. The minimum Gasteiger partial charge on any atom is -0.380 e. The van der Waals surface area contributed by atoms with Crippen molar-refractivity contribution < 1.29 is 13.2 Å². The van der Waals surface area contributed by atoms with Gasteiger partial charge in [-0.2, -0.15) is 5.10 Å². The van der Waals surface area contributed by atoms with Crippen LogP contribution < -0.4 is 10.0 Å². The van der Waals surface area contributed by atoms with Gasteiger partial charge in [-0.1, -0.05) is 6.92 Å². The van der Waals surface area contributed by atoms with Gasteiger partial charge in [0.15, 0.2) is 5.03 Å². The fourth-order valence-corrected chi connectivity index (χ4v) is 2.94. The molecule has 1 aromatic heterocycles. The molecule has 0 aliphatic rings. The zero-order valence-corrected chi connectivity index (χ0v) is 13.3. The number of aromatic nitrogens is 2. The molecule has 1 aromatic rings. The summed E-state index contributed by atoms with van der Waals surface area (Å²) in [6.07, 6.45) is 0.800. The van der Waals surface area contributed by atoms with Crippen molar-refractivity contribution in [2.45, 2.75) is 44.9 Å². The van der Waals surface area contributed by atoms with Crippen LogP contribution in [0.4, 0.5) is 0 Å². The quantitative estimate of drug-likeness (QED) is 0.578. The van der Waals surface area contributed by atoms with Crippen molar-refractivity contribution in [1.29, 1.82) is 0 Å². The first kappa shape index (κ1) is 17.1. The zero-order valence-electron chi connectivity index (χ0n) is 12.5. The first-order chi connectivity index (χ1) is 9.42. The second-order valence-electron chi connectivity index (χ2n) is 4.71. The van der Waals surface area contributed by atoms with Crippen LogP contribution in [0.15, 0.2) is 5.03 Å². The van der Waals surface area contributed by atoms with Gasteiger partial charge in [-0.15, -0.1) is 0 Å². The van der Waals surface area contributed by atoms with Crippen molar-refractivity contribution in [3.8, 4) is 0 Å². The van der Waals surface area contributed by atoms with Crippen LogP contribution in [0.5, 0.6) is 0 Å². The lowest BCUT2D eigenvalue weighted by molar-refractivity contribution is 0.122. The van der Waals surface area contributed by atoms with Gasteiger partial charge in [0.25, 0.3) is 10.0 Å². The monoisotopic (exact) mass is 304 g/mol. The Bertz CT molecular complexity index is 513. The van der Waals surface area contributed by atoms with E-state index < -0.39 is 10.0 Å². The Balaban J connectivity index is 2.83. The predicted molar refractivity (Wildman–Crippen MR) is 77.0 cm³/mol. The number of nitrogens with zero attached hydrogens (tertiary/aromatic N) is 1. The average Bonchev–Trinajstić information content (AvgIpc) is 2.79. The molecule has 1 atom stereocenters. The second kappa shape index (κ2) is 7.72. The van der Waals surface area contributed by atoms with E-state index >= 15 is 0 Å². The van der Waals surface area contributed by atoms with Crippen LogP contribution in [-0.2, 0) is 21.3 Å². The van der Waals surface area contributed by atoms with Crippen molar-refractivity contribution in [2.75, 3.05) is 20.2 Å². The summed E-state index contributed by atoms with van der Waals surface area (Å²) >= 11 is 0. The molecule has 0 saturated heterocycles. The van der Waals surface area contributed by atoms with Gasteiger partial charge in [-0.05, 0) is 26.8 Å². The molecular weight excluding hydrogens is 280 g/mol. The fourth-order valence-electron chi connectivity index (χ4n) is 1.63. The second-order valence-corrected chi connectivity index (χ2v) is 6.39. The summed E-state index contributed by atoms with van der Waals surface area (Å²) in [5.74, 6) is 0. The van der Waals surface area contributed by atoms with Crippen LogP contribution in [0, 0.1) is 6.92 Å². The number of nitrogens with one attached hydrogen (secondary N) is 3. The van der Waals surface area contributed by atoms with Crippen LogP contribution in [0.25, 0.3) is 0 Å². The number of ether oxygens (including phenoxy) is 1. The highest BCUT2D eigenvalue weighted by molar-refractivity contribution is 7.89. The number of H-pyrrole nitrogens is 1. The van der Waals surface area contributed by atoms with Crippen molar-refractivity contribution in [2.24, 2.45) is 0 Å². The lowest BCUT2D eigenvalue weighted by Gasteiger charge is -2.11. The van der Waals surface area contributed by atoms with E-state index in [4.69, 9.17) is 4.74 Å². The SMILES string of the molecule is CCCNCc1c(S(=O)(=O)NCC(C)OC)n[nH]c1C. The molecule has 8 heteroatoms. The summed E-state index contributed by atoms with van der Waals surface area (Å²) in [5, 5.41) is 9.89. The number of aryl methyl sites for hydroxylation is 1. The van der Waals surface area contributed by atoms with Crippen molar-refractivity contribution in [3.05, 3.63) is 11.3 Å². The summed E-state index contributed by atoms with van der Waals surface area (Å²) in [7, 11) is -2.09. The zero-order chi connectivity index (χ0) is 15.2. The number of methoxy groups -OCH3 is 1. The van der Waals surface area contributed by atoms with E-state index in [-0.39, 0.29) is 17.7 Å². The van der Waals surface area contributed by atoms with E-state index in [9.17, 15) is 8.42 Å². The molecule has 0 fully saturated rings. The van der Waals surface area contributed by atoms with Gasteiger partial charge in [0.2, 0.25) is 0 Å². The molecule has 0 saturated carbocycles. The number of rotatable bonds is 9. The number of sulfonamides is 1. The van der Waals surface area contributed by atoms with Crippen LogP contribution in [-0.4, -0.2) is 44.9 Å². The molecule has 1 unspecified atom stereocenters. The first-order valence-corrected chi connectivity index (χ1v) is 8.17. The van der Waals surface area contributed by atoms with E-state index in [0.29, 0.717) is 12.1 Å². The molecule has 116 valence electrons. The van der Waals surface area contributed by atoms with Gasteiger partial charge in [0.05, 0.1) is 6.10 Å². The Morgan fingerprint density at radius 3 is 2.75 bits per heavy atom. The first-order valence-electron chi connectivity index (χ1n) is 6.69.